The minimum Gasteiger partial charge on any atom is -0.378 e. The molecule has 2 fully saturated rings. The first-order chi connectivity index (χ1) is 14.2. The van der Waals surface area contributed by atoms with Gasteiger partial charge in [-0.05, 0) is 54.8 Å². The SMILES string of the molecule is O=C(C[C@H]1CC2(CCN(Cc3nccs3)CC2)c2ccccc21)N1CCOCC1. The van der Waals surface area contributed by atoms with Gasteiger partial charge in [0.15, 0.2) is 0 Å². The Morgan fingerprint density at radius 3 is 2.72 bits per heavy atom. The van der Waals surface area contributed by atoms with E-state index in [1.165, 1.54) is 29.0 Å². The maximum absolute atomic E-state index is 12.9. The van der Waals surface area contributed by atoms with Crippen molar-refractivity contribution in [1.29, 1.82) is 0 Å². The van der Waals surface area contributed by atoms with Gasteiger partial charge in [-0.3, -0.25) is 9.69 Å². The molecule has 1 aromatic heterocycles. The molecule has 2 saturated heterocycles. The maximum Gasteiger partial charge on any atom is 0.223 e. The molecule has 2 aliphatic heterocycles. The highest BCUT2D eigenvalue weighted by Gasteiger charge is 2.45. The number of benzene rings is 1. The zero-order chi connectivity index (χ0) is 19.7. The average molecular weight is 412 g/mol. The number of likely N-dealkylation sites (tertiary alicyclic amines) is 1. The number of carbonyl (C=O) groups is 1. The van der Waals surface area contributed by atoms with Crippen molar-refractivity contribution in [3.8, 4) is 0 Å². The predicted molar refractivity (Wildman–Crippen MR) is 114 cm³/mol. The highest BCUT2D eigenvalue weighted by atomic mass is 32.1. The van der Waals surface area contributed by atoms with Crippen molar-refractivity contribution >= 4 is 17.2 Å². The summed E-state index contributed by atoms with van der Waals surface area (Å²) in [6.07, 6.45) is 6.01. The summed E-state index contributed by atoms with van der Waals surface area (Å²) in [6.45, 7) is 6.01. The van der Waals surface area contributed by atoms with Crippen LogP contribution in [0, 0.1) is 0 Å². The third kappa shape index (κ3) is 3.86. The maximum atomic E-state index is 12.9. The van der Waals surface area contributed by atoms with Crippen LogP contribution in [0.3, 0.4) is 0 Å². The standard InChI is InChI=1S/C23H29N3O2S/c27-22(26-10-12-28-13-11-26)15-18-16-23(20-4-2-1-3-19(18)20)5-8-25(9-6-23)17-21-24-7-14-29-21/h1-4,7,14,18H,5-6,8-13,15-17H2/t18-/m0/s1. The number of nitrogens with zero attached hydrogens (tertiary/aromatic N) is 3. The molecule has 1 aromatic carbocycles. The van der Waals surface area contributed by atoms with Crippen LogP contribution >= 0.6 is 11.3 Å². The van der Waals surface area contributed by atoms with Crippen molar-refractivity contribution in [3.63, 3.8) is 0 Å². The summed E-state index contributed by atoms with van der Waals surface area (Å²) in [6, 6.07) is 8.91. The van der Waals surface area contributed by atoms with Gasteiger partial charge in [0.2, 0.25) is 5.91 Å². The van der Waals surface area contributed by atoms with Gasteiger partial charge in [0.1, 0.15) is 5.01 Å². The number of hydrogen-bond acceptors (Lipinski definition) is 5. The smallest absolute Gasteiger partial charge is 0.223 e. The molecule has 1 aliphatic carbocycles. The molecule has 0 radical (unpaired) electrons. The van der Waals surface area contributed by atoms with Gasteiger partial charge in [0, 0.05) is 31.1 Å². The van der Waals surface area contributed by atoms with Crippen LogP contribution in [0.5, 0.6) is 0 Å². The summed E-state index contributed by atoms with van der Waals surface area (Å²) < 4.78 is 5.41. The Balaban J connectivity index is 1.28. The monoisotopic (exact) mass is 411 g/mol. The van der Waals surface area contributed by atoms with Gasteiger partial charge >= 0.3 is 0 Å². The normalized spacial score (nSPS) is 24.0. The van der Waals surface area contributed by atoms with Gasteiger partial charge in [-0.1, -0.05) is 24.3 Å². The minimum absolute atomic E-state index is 0.242. The van der Waals surface area contributed by atoms with E-state index in [-0.39, 0.29) is 5.41 Å². The summed E-state index contributed by atoms with van der Waals surface area (Å²) in [7, 11) is 0. The van der Waals surface area contributed by atoms with Crippen LogP contribution in [-0.4, -0.2) is 60.1 Å². The van der Waals surface area contributed by atoms with E-state index in [0.717, 1.165) is 39.1 Å². The molecule has 0 saturated carbocycles. The highest BCUT2D eigenvalue weighted by molar-refractivity contribution is 7.09. The third-order valence-corrected chi connectivity index (χ3v) is 7.81. The second kappa shape index (κ2) is 8.17. The van der Waals surface area contributed by atoms with E-state index in [4.69, 9.17) is 4.74 Å². The van der Waals surface area contributed by atoms with Crippen LogP contribution in [0.4, 0.5) is 0 Å². The van der Waals surface area contributed by atoms with Crippen LogP contribution in [0.2, 0.25) is 0 Å². The van der Waals surface area contributed by atoms with Crippen molar-refractivity contribution in [2.45, 2.75) is 43.6 Å². The fourth-order valence-electron chi connectivity index (χ4n) is 5.50. The first-order valence-electron chi connectivity index (χ1n) is 10.8. The minimum atomic E-state index is 0.242. The fourth-order valence-corrected chi connectivity index (χ4v) is 6.15. The lowest BCUT2D eigenvalue weighted by Gasteiger charge is -2.40. The lowest BCUT2D eigenvalue weighted by Crippen LogP contribution is -2.42. The van der Waals surface area contributed by atoms with Crippen LogP contribution in [0.15, 0.2) is 35.8 Å². The molecule has 5 nitrogen and oxygen atoms in total. The molecule has 3 aliphatic rings. The molecule has 1 spiro atoms. The van der Waals surface area contributed by atoms with Crippen molar-refractivity contribution in [2.75, 3.05) is 39.4 Å². The summed E-state index contributed by atoms with van der Waals surface area (Å²) in [5.41, 5.74) is 3.17. The number of rotatable bonds is 4. The Kier molecular flexibility index (Phi) is 5.41. The van der Waals surface area contributed by atoms with Gasteiger partial charge in [-0.2, -0.15) is 0 Å². The summed E-state index contributed by atoms with van der Waals surface area (Å²) in [5.74, 6) is 0.651. The molecule has 1 amide bonds. The predicted octanol–water partition coefficient (Wildman–Crippen LogP) is 3.41. The first-order valence-corrected chi connectivity index (χ1v) is 11.7. The average Bonchev–Trinajstić information content (AvgIpc) is 3.38. The molecule has 0 N–H and O–H groups in total. The third-order valence-electron chi connectivity index (χ3n) is 7.05. The Hall–Kier alpha value is -1.76. The molecule has 154 valence electrons. The lowest BCUT2D eigenvalue weighted by atomic mass is 9.73. The van der Waals surface area contributed by atoms with Gasteiger partial charge in [0.05, 0.1) is 19.8 Å². The van der Waals surface area contributed by atoms with E-state index in [2.05, 4.69) is 39.5 Å². The van der Waals surface area contributed by atoms with Gasteiger partial charge in [-0.25, -0.2) is 4.98 Å². The van der Waals surface area contributed by atoms with Crippen LogP contribution in [0.1, 0.15) is 47.7 Å². The molecule has 0 bridgehead atoms. The Morgan fingerprint density at radius 2 is 1.97 bits per heavy atom. The fraction of sp³-hybridized carbons (Fsp3) is 0.565. The number of morpholine rings is 1. The van der Waals surface area contributed by atoms with Crippen molar-refractivity contribution in [1.82, 2.24) is 14.8 Å². The van der Waals surface area contributed by atoms with E-state index >= 15 is 0 Å². The number of piperidine rings is 1. The van der Waals surface area contributed by atoms with Gasteiger partial charge in [0.25, 0.3) is 0 Å². The van der Waals surface area contributed by atoms with Crippen molar-refractivity contribution in [3.05, 3.63) is 52.0 Å². The number of fused-ring (bicyclic) bond motifs is 2. The summed E-state index contributed by atoms with van der Waals surface area (Å²) >= 11 is 1.75. The molecule has 2 aromatic rings. The Labute approximate surface area is 176 Å². The van der Waals surface area contributed by atoms with Crippen molar-refractivity contribution in [2.24, 2.45) is 0 Å². The molecule has 29 heavy (non-hydrogen) atoms. The highest BCUT2D eigenvalue weighted by Crippen LogP contribution is 2.52. The molecular formula is C23H29N3O2S. The number of ether oxygens (including phenoxy) is 1. The zero-order valence-electron chi connectivity index (χ0n) is 16.9. The summed E-state index contributed by atoms with van der Waals surface area (Å²) in [4.78, 5) is 21.9. The van der Waals surface area contributed by atoms with Gasteiger partial charge in [-0.15, -0.1) is 11.3 Å². The zero-order valence-corrected chi connectivity index (χ0v) is 17.7. The van der Waals surface area contributed by atoms with Crippen LogP contribution < -0.4 is 0 Å². The molecule has 0 unspecified atom stereocenters. The largest absolute Gasteiger partial charge is 0.378 e. The van der Waals surface area contributed by atoms with Crippen LogP contribution in [0.25, 0.3) is 0 Å². The number of amides is 1. The molecular weight excluding hydrogens is 382 g/mol. The number of hydrogen-bond donors (Lipinski definition) is 0. The lowest BCUT2D eigenvalue weighted by molar-refractivity contribution is -0.135. The second-order valence-corrected chi connectivity index (χ2v) is 9.65. The summed E-state index contributed by atoms with van der Waals surface area (Å²) in [5, 5.41) is 3.27. The molecule has 3 heterocycles. The quantitative estimate of drug-likeness (QED) is 0.774. The number of carbonyl (C=O) groups excluding carboxylic acids is 1. The molecule has 5 rings (SSSR count). The van der Waals surface area contributed by atoms with Gasteiger partial charge < -0.3 is 9.64 Å². The second-order valence-electron chi connectivity index (χ2n) is 8.67. The molecule has 1 atom stereocenters. The van der Waals surface area contributed by atoms with E-state index in [0.29, 0.717) is 31.5 Å². The topological polar surface area (TPSA) is 45.7 Å². The van der Waals surface area contributed by atoms with Crippen LogP contribution in [-0.2, 0) is 21.5 Å². The first kappa shape index (κ1) is 19.2. The van der Waals surface area contributed by atoms with E-state index < -0.39 is 0 Å². The number of aromatic nitrogens is 1. The van der Waals surface area contributed by atoms with Crippen molar-refractivity contribution < 1.29 is 9.53 Å². The Bertz CT molecular complexity index is 840. The van der Waals surface area contributed by atoms with E-state index in [1.807, 2.05) is 11.1 Å². The number of thiazole rings is 1. The Morgan fingerprint density at radius 1 is 1.17 bits per heavy atom. The molecule has 6 heteroatoms. The van der Waals surface area contributed by atoms with E-state index in [9.17, 15) is 4.79 Å². The van der Waals surface area contributed by atoms with E-state index in [1.54, 1.807) is 11.3 Å².